The van der Waals surface area contributed by atoms with Crippen LogP contribution in [0.2, 0.25) is 0 Å². The van der Waals surface area contributed by atoms with Crippen molar-refractivity contribution in [2.75, 3.05) is 13.1 Å². The molecular formula is C15H27Cl2N3OS. The van der Waals surface area contributed by atoms with Gasteiger partial charge < -0.3 is 10.6 Å². The molecule has 2 atom stereocenters. The zero-order valence-corrected chi connectivity index (χ0v) is 15.9. The molecule has 1 aliphatic heterocycles. The molecule has 0 aliphatic carbocycles. The van der Waals surface area contributed by atoms with E-state index in [1.54, 1.807) is 11.3 Å². The molecule has 1 saturated heterocycles. The van der Waals surface area contributed by atoms with Crippen LogP contribution >= 0.6 is 36.2 Å². The average molecular weight is 368 g/mol. The van der Waals surface area contributed by atoms with Gasteiger partial charge in [-0.2, -0.15) is 0 Å². The Labute approximate surface area is 149 Å². The average Bonchev–Trinajstić information content (AvgIpc) is 2.86. The number of carbonyl (C=O) groups is 1. The molecule has 22 heavy (non-hydrogen) atoms. The number of thiazole rings is 1. The van der Waals surface area contributed by atoms with Crippen LogP contribution in [0.4, 0.5) is 0 Å². The first kappa shape index (κ1) is 21.6. The minimum atomic E-state index is 0. The second kappa shape index (κ2) is 10.4. The SMILES string of the molecule is Cc1cnc(C(C)NC(=O)CC(C)C2CCNCC2)s1.Cl.Cl. The number of hydrogen-bond donors (Lipinski definition) is 2. The zero-order chi connectivity index (χ0) is 14.5. The summed E-state index contributed by atoms with van der Waals surface area (Å²) in [5.74, 6) is 1.29. The molecule has 128 valence electrons. The molecule has 2 unspecified atom stereocenters. The second-order valence-electron chi connectivity index (χ2n) is 5.87. The Morgan fingerprint density at radius 2 is 2.05 bits per heavy atom. The lowest BCUT2D eigenvalue weighted by atomic mass is 9.84. The van der Waals surface area contributed by atoms with Gasteiger partial charge in [0.2, 0.25) is 5.91 Å². The topological polar surface area (TPSA) is 54.0 Å². The Morgan fingerprint density at radius 1 is 1.41 bits per heavy atom. The second-order valence-corrected chi connectivity index (χ2v) is 7.13. The molecule has 2 N–H and O–H groups in total. The number of nitrogens with zero attached hydrogens (tertiary/aromatic N) is 1. The molecule has 1 amide bonds. The Bertz CT molecular complexity index is 450. The molecule has 7 heteroatoms. The minimum Gasteiger partial charge on any atom is -0.347 e. The molecule has 1 fully saturated rings. The summed E-state index contributed by atoms with van der Waals surface area (Å²) in [5, 5.41) is 7.44. The number of aromatic nitrogens is 1. The van der Waals surface area contributed by atoms with E-state index in [0.717, 1.165) is 18.1 Å². The summed E-state index contributed by atoms with van der Waals surface area (Å²) < 4.78 is 0. The summed E-state index contributed by atoms with van der Waals surface area (Å²) in [7, 11) is 0. The van der Waals surface area contributed by atoms with Crippen molar-refractivity contribution in [1.82, 2.24) is 15.6 Å². The van der Waals surface area contributed by atoms with Gasteiger partial charge in [-0.15, -0.1) is 36.2 Å². The lowest BCUT2D eigenvalue weighted by molar-refractivity contribution is -0.123. The normalized spacial score (nSPS) is 17.8. The highest BCUT2D eigenvalue weighted by Crippen LogP contribution is 2.25. The summed E-state index contributed by atoms with van der Waals surface area (Å²) in [6, 6.07) is 0.0152. The van der Waals surface area contributed by atoms with Gasteiger partial charge in [0.05, 0.1) is 6.04 Å². The third-order valence-corrected chi connectivity index (χ3v) is 5.18. The monoisotopic (exact) mass is 367 g/mol. The molecule has 1 aliphatic rings. The standard InChI is InChI=1S/C15H25N3OS.2ClH/c1-10(13-4-6-16-7-5-13)8-14(19)18-12(3)15-17-9-11(2)20-15;;/h9-10,12-13,16H,4-8H2,1-3H3,(H,18,19);2*1H. The first-order valence-corrected chi connectivity index (χ1v) is 8.30. The molecule has 0 bridgehead atoms. The molecule has 0 spiro atoms. The molecule has 2 rings (SSSR count). The summed E-state index contributed by atoms with van der Waals surface area (Å²) in [6.07, 6.45) is 4.87. The van der Waals surface area contributed by atoms with Crippen LogP contribution in [0.25, 0.3) is 0 Å². The molecule has 4 nitrogen and oxygen atoms in total. The predicted octanol–water partition coefficient (Wildman–Crippen LogP) is 3.50. The molecule has 1 aromatic heterocycles. The predicted molar refractivity (Wildman–Crippen MR) is 97.3 cm³/mol. The van der Waals surface area contributed by atoms with Crippen LogP contribution in [0.5, 0.6) is 0 Å². The van der Waals surface area contributed by atoms with E-state index in [2.05, 4.69) is 22.5 Å². The fourth-order valence-electron chi connectivity index (χ4n) is 2.81. The summed E-state index contributed by atoms with van der Waals surface area (Å²) >= 11 is 1.65. The van der Waals surface area contributed by atoms with Crippen LogP contribution in [0.15, 0.2) is 6.20 Å². The van der Waals surface area contributed by atoms with E-state index in [0.29, 0.717) is 18.3 Å². The maximum atomic E-state index is 12.1. The van der Waals surface area contributed by atoms with Gasteiger partial charge in [-0.05, 0) is 51.6 Å². The van der Waals surface area contributed by atoms with E-state index in [1.165, 1.54) is 17.7 Å². The number of halogens is 2. The van der Waals surface area contributed by atoms with Crippen molar-refractivity contribution in [3.63, 3.8) is 0 Å². The molecule has 0 saturated carbocycles. The molecule has 0 radical (unpaired) electrons. The van der Waals surface area contributed by atoms with Crippen LogP contribution in [-0.2, 0) is 4.79 Å². The maximum absolute atomic E-state index is 12.1. The van der Waals surface area contributed by atoms with E-state index in [1.807, 2.05) is 20.0 Å². The molecule has 2 heterocycles. The molecule has 1 aromatic rings. The van der Waals surface area contributed by atoms with Crippen molar-refractivity contribution >= 4 is 42.1 Å². The number of aryl methyl sites for hydroxylation is 1. The highest BCUT2D eigenvalue weighted by molar-refractivity contribution is 7.11. The first-order valence-electron chi connectivity index (χ1n) is 7.48. The highest BCUT2D eigenvalue weighted by atomic mass is 35.5. The Balaban J connectivity index is 0.00000220. The summed E-state index contributed by atoms with van der Waals surface area (Å²) in [6.45, 7) is 8.42. The quantitative estimate of drug-likeness (QED) is 0.837. The van der Waals surface area contributed by atoms with Crippen LogP contribution in [0, 0.1) is 18.8 Å². The lowest BCUT2D eigenvalue weighted by Gasteiger charge is -2.28. The third kappa shape index (κ3) is 6.41. The van der Waals surface area contributed by atoms with Gasteiger partial charge in [0, 0.05) is 17.5 Å². The number of carbonyl (C=O) groups excluding carboxylic acids is 1. The van der Waals surface area contributed by atoms with Gasteiger partial charge >= 0.3 is 0 Å². The van der Waals surface area contributed by atoms with Crippen molar-refractivity contribution in [2.45, 2.75) is 46.1 Å². The van der Waals surface area contributed by atoms with Crippen LogP contribution in [-0.4, -0.2) is 24.0 Å². The van der Waals surface area contributed by atoms with E-state index in [-0.39, 0.29) is 36.8 Å². The summed E-state index contributed by atoms with van der Waals surface area (Å²) in [4.78, 5) is 17.7. The smallest absolute Gasteiger partial charge is 0.220 e. The van der Waals surface area contributed by atoms with Crippen molar-refractivity contribution in [2.24, 2.45) is 11.8 Å². The minimum absolute atomic E-state index is 0. The number of rotatable bonds is 5. The van der Waals surface area contributed by atoms with Crippen LogP contribution in [0.3, 0.4) is 0 Å². The number of nitrogens with one attached hydrogen (secondary N) is 2. The first-order chi connectivity index (χ1) is 9.56. The fourth-order valence-corrected chi connectivity index (χ4v) is 3.58. The van der Waals surface area contributed by atoms with E-state index < -0.39 is 0 Å². The zero-order valence-electron chi connectivity index (χ0n) is 13.4. The molecular weight excluding hydrogens is 341 g/mol. The Morgan fingerprint density at radius 3 is 2.59 bits per heavy atom. The van der Waals surface area contributed by atoms with Crippen molar-refractivity contribution < 1.29 is 4.79 Å². The van der Waals surface area contributed by atoms with Gasteiger partial charge in [0.1, 0.15) is 5.01 Å². The van der Waals surface area contributed by atoms with Gasteiger partial charge in [0.15, 0.2) is 0 Å². The largest absolute Gasteiger partial charge is 0.347 e. The van der Waals surface area contributed by atoms with Crippen molar-refractivity contribution in [3.8, 4) is 0 Å². The lowest BCUT2D eigenvalue weighted by Crippen LogP contribution is -2.34. The van der Waals surface area contributed by atoms with Gasteiger partial charge in [0.25, 0.3) is 0 Å². The Kier molecular flexibility index (Phi) is 10.3. The van der Waals surface area contributed by atoms with Crippen LogP contribution < -0.4 is 10.6 Å². The number of hydrogen-bond acceptors (Lipinski definition) is 4. The van der Waals surface area contributed by atoms with E-state index in [4.69, 9.17) is 0 Å². The van der Waals surface area contributed by atoms with Crippen LogP contribution in [0.1, 0.15) is 49.0 Å². The number of piperidine rings is 1. The van der Waals surface area contributed by atoms with Gasteiger partial charge in [-0.3, -0.25) is 4.79 Å². The van der Waals surface area contributed by atoms with Gasteiger partial charge in [-0.25, -0.2) is 4.98 Å². The Hall–Kier alpha value is -0.360. The van der Waals surface area contributed by atoms with Crippen molar-refractivity contribution in [1.29, 1.82) is 0 Å². The molecule has 0 aromatic carbocycles. The van der Waals surface area contributed by atoms with Crippen molar-refractivity contribution in [3.05, 3.63) is 16.1 Å². The third-order valence-electron chi connectivity index (χ3n) is 4.08. The fraction of sp³-hybridized carbons (Fsp3) is 0.733. The number of amides is 1. The van der Waals surface area contributed by atoms with E-state index in [9.17, 15) is 4.79 Å². The summed E-state index contributed by atoms with van der Waals surface area (Å²) in [5.41, 5.74) is 0. The highest BCUT2D eigenvalue weighted by Gasteiger charge is 2.23. The van der Waals surface area contributed by atoms with Gasteiger partial charge in [-0.1, -0.05) is 6.92 Å². The van der Waals surface area contributed by atoms with E-state index >= 15 is 0 Å². The maximum Gasteiger partial charge on any atom is 0.220 e.